The molecule has 28 heavy (non-hydrogen) atoms. The summed E-state index contributed by atoms with van der Waals surface area (Å²) in [6.45, 7) is -0.162. The highest BCUT2D eigenvalue weighted by atomic mass is 35.5. The molecule has 2 aromatic carbocycles. The average Bonchev–Trinajstić information content (AvgIpc) is 3.12. The van der Waals surface area contributed by atoms with Crippen LogP contribution in [0.25, 0.3) is 22.6 Å². The molecule has 0 aliphatic carbocycles. The molecule has 1 aliphatic heterocycles. The number of hydrogen-bond donors (Lipinski definition) is 3. The van der Waals surface area contributed by atoms with Gasteiger partial charge in [0.1, 0.15) is 35.3 Å². The third-order valence-corrected chi connectivity index (χ3v) is 4.77. The van der Waals surface area contributed by atoms with E-state index in [2.05, 4.69) is 4.98 Å². The lowest BCUT2D eigenvalue weighted by Gasteiger charge is -2.35. The zero-order valence-corrected chi connectivity index (χ0v) is 15.5. The number of aliphatic hydroxyl groups excluding tert-OH is 3. The van der Waals surface area contributed by atoms with E-state index in [9.17, 15) is 15.3 Å². The molecule has 0 amide bonds. The van der Waals surface area contributed by atoms with Crippen LogP contribution >= 0.6 is 11.6 Å². The average molecular weight is 408 g/mol. The highest BCUT2D eigenvalue weighted by Crippen LogP contribution is 2.33. The minimum absolute atomic E-state index is 0.162. The molecule has 0 bridgehead atoms. The van der Waals surface area contributed by atoms with Crippen LogP contribution in [0.3, 0.4) is 0 Å². The van der Waals surface area contributed by atoms with E-state index in [1.165, 1.54) is 0 Å². The Morgan fingerprint density at radius 2 is 1.93 bits per heavy atom. The number of ether oxygens (including phenoxy) is 3. The fourth-order valence-corrected chi connectivity index (χ4v) is 3.12. The number of fused-ring (bicyclic) bond motifs is 1. The van der Waals surface area contributed by atoms with Gasteiger partial charge in [-0.25, -0.2) is 4.98 Å². The number of hydrogen-bond acceptors (Lipinski definition) is 8. The van der Waals surface area contributed by atoms with Crippen LogP contribution in [0, 0.1) is 0 Å². The molecule has 1 aliphatic rings. The second-order valence-corrected chi connectivity index (χ2v) is 6.77. The Morgan fingerprint density at radius 1 is 1.11 bits per heavy atom. The van der Waals surface area contributed by atoms with Crippen molar-refractivity contribution in [3.8, 4) is 23.0 Å². The van der Waals surface area contributed by atoms with E-state index in [0.717, 1.165) is 0 Å². The van der Waals surface area contributed by atoms with E-state index in [1.54, 1.807) is 43.5 Å². The summed E-state index contributed by atoms with van der Waals surface area (Å²) in [4.78, 5) is 4.44. The summed E-state index contributed by atoms with van der Waals surface area (Å²) >= 11 is 6.29. The molecule has 8 nitrogen and oxygen atoms in total. The zero-order valence-electron chi connectivity index (χ0n) is 14.8. The standard InChI is InChI=1S/C19H18ClNO7/c1-25-10-3-5-15-12(7-10)21-18(27-15)9-2-4-14(11(20)6-9)28-19-17(24)16(23)13(22)8-26-19/h2-7,13,16-17,19,22-24H,8H2,1H3/t13-,16-,17+,19-/m0/s1. The number of benzene rings is 2. The number of oxazole rings is 1. The summed E-state index contributed by atoms with van der Waals surface area (Å²) in [6, 6.07) is 10.2. The molecule has 0 unspecified atom stereocenters. The minimum atomic E-state index is -1.41. The third-order valence-electron chi connectivity index (χ3n) is 4.47. The van der Waals surface area contributed by atoms with Crippen molar-refractivity contribution in [2.75, 3.05) is 13.7 Å². The monoisotopic (exact) mass is 407 g/mol. The quantitative estimate of drug-likeness (QED) is 0.601. The maximum absolute atomic E-state index is 9.98. The second-order valence-electron chi connectivity index (χ2n) is 6.37. The Bertz CT molecular complexity index is 992. The predicted octanol–water partition coefficient (Wildman–Crippen LogP) is 1.97. The lowest BCUT2D eigenvalue weighted by atomic mass is 10.1. The highest BCUT2D eigenvalue weighted by molar-refractivity contribution is 6.32. The molecule has 9 heteroatoms. The number of aromatic nitrogens is 1. The molecule has 4 atom stereocenters. The fraction of sp³-hybridized carbons (Fsp3) is 0.316. The van der Waals surface area contributed by atoms with Crippen LogP contribution in [0.2, 0.25) is 5.02 Å². The molecule has 148 valence electrons. The van der Waals surface area contributed by atoms with Gasteiger partial charge in [-0.2, -0.15) is 0 Å². The van der Waals surface area contributed by atoms with E-state index >= 15 is 0 Å². The Kier molecular flexibility index (Phi) is 5.13. The third kappa shape index (κ3) is 3.52. The van der Waals surface area contributed by atoms with Crippen molar-refractivity contribution >= 4 is 22.7 Å². The Balaban J connectivity index is 1.56. The van der Waals surface area contributed by atoms with Gasteiger partial charge in [-0.05, 0) is 30.3 Å². The van der Waals surface area contributed by atoms with Gasteiger partial charge in [0, 0.05) is 11.6 Å². The SMILES string of the molecule is COc1ccc2oc(-c3ccc(O[C@@H]4OC[C@H](O)[C@H](O)[C@H]4O)c(Cl)c3)nc2c1. The topological polar surface area (TPSA) is 114 Å². The Morgan fingerprint density at radius 3 is 2.68 bits per heavy atom. The predicted molar refractivity (Wildman–Crippen MR) is 99.4 cm³/mol. The van der Waals surface area contributed by atoms with E-state index in [-0.39, 0.29) is 17.4 Å². The lowest BCUT2D eigenvalue weighted by Crippen LogP contribution is -2.54. The summed E-state index contributed by atoms with van der Waals surface area (Å²) < 4.78 is 21.7. The van der Waals surface area contributed by atoms with Gasteiger partial charge in [-0.3, -0.25) is 0 Å². The van der Waals surface area contributed by atoms with E-state index < -0.39 is 24.6 Å². The fourth-order valence-electron chi connectivity index (χ4n) is 2.90. The number of methoxy groups -OCH3 is 1. The molecule has 0 saturated carbocycles. The second kappa shape index (κ2) is 7.57. The van der Waals surface area contributed by atoms with Crippen LogP contribution < -0.4 is 9.47 Å². The minimum Gasteiger partial charge on any atom is -0.497 e. The molecule has 3 aromatic rings. The van der Waals surface area contributed by atoms with Crippen LogP contribution in [-0.2, 0) is 4.74 Å². The summed E-state index contributed by atoms with van der Waals surface area (Å²) in [7, 11) is 1.58. The summed E-state index contributed by atoms with van der Waals surface area (Å²) in [5.41, 5.74) is 1.89. The van der Waals surface area contributed by atoms with Crippen molar-refractivity contribution < 1.29 is 33.9 Å². The van der Waals surface area contributed by atoms with Crippen LogP contribution in [-0.4, -0.2) is 58.6 Å². The van der Waals surface area contributed by atoms with E-state index in [1.807, 2.05) is 0 Å². The van der Waals surface area contributed by atoms with Crippen molar-refractivity contribution in [2.24, 2.45) is 0 Å². The Labute approximate surface area is 164 Å². The van der Waals surface area contributed by atoms with Gasteiger partial charge >= 0.3 is 0 Å². The first-order chi connectivity index (χ1) is 13.5. The molecule has 1 fully saturated rings. The number of aliphatic hydroxyl groups is 3. The first-order valence-corrected chi connectivity index (χ1v) is 8.91. The molecule has 4 rings (SSSR count). The molecule has 0 radical (unpaired) electrons. The Hall–Kier alpha value is -2.36. The maximum Gasteiger partial charge on any atom is 0.228 e. The number of rotatable bonds is 4. The van der Waals surface area contributed by atoms with Crippen molar-refractivity contribution in [3.05, 3.63) is 41.4 Å². The molecule has 0 spiro atoms. The molecule has 2 heterocycles. The van der Waals surface area contributed by atoms with Crippen molar-refractivity contribution in [1.29, 1.82) is 0 Å². The van der Waals surface area contributed by atoms with Gasteiger partial charge in [-0.15, -0.1) is 0 Å². The molecular formula is C19H18ClNO7. The van der Waals surface area contributed by atoms with Crippen LogP contribution in [0.15, 0.2) is 40.8 Å². The summed E-state index contributed by atoms with van der Waals surface area (Å²) in [5, 5.41) is 29.5. The first-order valence-electron chi connectivity index (χ1n) is 8.53. The molecule has 1 aromatic heterocycles. The molecular weight excluding hydrogens is 390 g/mol. The van der Waals surface area contributed by atoms with Crippen molar-refractivity contribution in [1.82, 2.24) is 4.98 Å². The van der Waals surface area contributed by atoms with E-state index in [4.69, 9.17) is 30.2 Å². The van der Waals surface area contributed by atoms with Crippen molar-refractivity contribution in [2.45, 2.75) is 24.6 Å². The normalized spacial score (nSPS) is 25.0. The van der Waals surface area contributed by atoms with Gasteiger partial charge in [0.2, 0.25) is 12.2 Å². The van der Waals surface area contributed by atoms with Gasteiger partial charge in [0.25, 0.3) is 0 Å². The first kappa shape index (κ1) is 19.0. The number of nitrogens with zero attached hydrogens (tertiary/aromatic N) is 1. The summed E-state index contributed by atoms with van der Waals surface area (Å²) in [6.07, 6.45) is -5.11. The van der Waals surface area contributed by atoms with Crippen LogP contribution in [0.5, 0.6) is 11.5 Å². The smallest absolute Gasteiger partial charge is 0.228 e. The summed E-state index contributed by atoms with van der Waals surface area (Å²) in [5.74, 6) is 1.30. The van der Waals surface area contributed by atoms with Gasteiger partial charge in [0.05, 0.1) is 18.7 Å². The van der Waals surface area contributed by atoms with Crippen LogP contribution in [0.4, 0.5) is 0 Å². The van der Waals surface area contributed by atoms with Gasteiger partial charge in [-0.1, -0.05) is 11.6 Å². The molecule has 1 saturated heterocycles. The van der Waals surface area contributed by atoms with Crippen LogP contribution in [0.1, 0.15) is 0 Å². The van der Waals surface area contributed by atoms with E-state index in [0.29, 0.717) is 28.3 Å². The van der Waals surface area contributed by atoms with Crippen molar-refractivity contribution in [3.63, 3.8) is 0 Å². The number of halogens is 1. The lowest BCUT2D eigenvalue weighted by molar-refractivity contribution is -0.242. The van der Waals surface area contributed by atoms with Gasteiger partial charge in [0.15, 0.2) is 5.58 Å². The molecule has 3 N–H and O–H groups in total. The zero-order chi connectivity index (χ0) is 19.8. The highest BCUT2D eigenvalue weighted by Gasteiger charge is 2.39. The largest absolute Gasteiger partial charge is 0.497 e. The van der Waals surface area contributed by atoms with Gasteiger partial charge < -0.3 is 33.9 Å². The maximum atomic E-state index is 9.98.